The second kappa shape index (κ2) is 10.3. The van der Waals surface area contributed by atoms with Gasteiger partial charge in [0, 0.05) is 31.5 Å². The third-order valence-corrected chi connectivity index (χ3v) is 6.67. The number of aryl methyl sites for hydroxylation is 2. The van der Waals surface area contributed by atoms with Gasteiger partial charge in [0.05, 0.1) is 37.5 Å². The Hall–Kier alpha value is -4.00. The number of rotatable bonds is 9. The maximum Gasteiger partial charge on any atom is 0.227 e. The van der Waals surface area contributed by atoms with Gasteiger partial charge in [0.25, 0.3) is 0 Å². The Morgan fingerprint density at radius 2 is 1.75 bits per heavy atom. The number of para-hydroxylation sites is 2. The lowest BCUT2D eigenvalue weighted by molar-refractivity contribution is -0.117. The molecule has 0 aliphatic carbocycles. The lowest BCUT2D eigenvalue weighted by atomic mass is 10.1. The van der Waals surface area contributed by atoms with Gasteiger partial charge in [0.15, 0.2) is 0 Å². The summed E-state index contributed by atoms with van der Waals surface area (Å²) in [6.45, 7) is 3.96. The van der Waals surface area contributed by atoms with Gasteiger partial charge in [0.1, 0.15) is 23.1 Å². The molecule has 1 saturated heterocycles. The minimum Gasteiger partial charge on any atom is -0.497 e. The van der Waals surface area contributed by atoms with Crippen LogP contribution in [0.2, 0.25) is 0 Å². The molecule has 2 heterocycles. The van der Waals surface area contributed by atoms with Crippen molar-refractivity contribution in [1.29, 1.82) is 0 Å². The van der Waals surface area contributed by atoms with Crippen LogP contribution in [-0.4, -0.2) is 42.8 Å². The molecular weight excluding hydrogens is 454 g/mol. The first-order chi connectivity index (χ1) is 17.6. The highest BCUT2D eigenvalue weighted by Gasteiger charge is 2.36. The molecule has 4 aromatic rings. The van der Waals surface area contributed by atoms with Crippen LogP contribution in [-0.2, 0) is 11.3 Å². The van der Waals surface area contributed by atoms with E-state index in [1.54, 1.807) is 19.1 Å². The van der Waals surface area contributed by atoms with E-state index >= 15 is 0 Å². The van der Waals surface area contributed by atoms with Crippen LogP contribution in [0, 0.1) is 6.92 Å². The highest BCUT2D eigenvalue weighted by Crippen LogP contribution is 2.39. The van der Waals surface area contributed by atoms with E-state index < -0.39 is 0 Å². The van der Waals surface area contributed by atoms with Gasteiger partial charge in [0.2, 0.25) is 5.91 Å². The molecule has 0 spiro atoms. The van der Waals surface area contributed by atoms with Crippen LogP contribution in [0.1, 0.15) is 30.1 Å². The summed E-state index contributed by atoms with van der Waals surface area (Å²) in [7, 11) is 3.23. The standard InChI is InChI=1S/C29H31N3O4/c1-20-9-11-22(12-10-20)36-16-6-15-31-25-8-5-4-7-24(25)30-29(31)21-17-28(33)32(19-21)26-18-23(34-2)13-14-27(26)35-3/h4-5,7-14,18,21H,6,15-17,19H2,1-3H3/t21-/m1/s1. The highest BCUT2D eigenvalue weighted by atomic mass is 16.5. The lowest BCUT2D eigenvalue weighted by Crippen LogP contribution is -2.25. The van der Waals surface area contributed by atoms with Crippen molar-refractivity contribution in [3.63, 3.8) is 0 Å². The Kier molecular flexibility index (Phi) is 6.80. The molecule has 1 aromatic heterocycles. The van der Waals surface area contributed by atoms with Crippen molar-refractivity contribution in [3.8, 4) is 17.2 Å². The Morgan fingerprint density at radius 3 is 2.53 bits per heavy atom. The molecule has 0 bridgehead atoms. The normalized spacial score (nSPS) is 15.5. The van der Waals surface area contributed by atoms with E-state index in [4.69, 9.17) is 19.2 Å². The fourth-order valence-electron chi connectivity index (χ4n) is 4.81. The molecule has 7 heteroatoms. The summed E-state index contributed by atoms with van der Waals surface area (Å²) < 4.78 is 19.1. The molecule has 1 atom stereocenters. The molecule has 3 aromatic carbocycles. The van der Waals surface area contributed by atoms with Gasteiger partial charge in [-0.3, -0.25) is 4.79 Å². The number of carbonyl (C=O) groups excluding carboxylic acids is 1. The number of hydrogen-bond donors (Lipinski definition) is 0. The van der Waals surface area contributed by atoms with E-state index in [0.29, 0.717) is 31.1 Å². The summed E-state index contributed by atoms with van der Waals surface area (Å²) >= 11 is 0. The number of imidazole rings is 1. The molecule has 0 radical (unpaired) electrons. The number of anilines is 1. The number of fused-ring (bicyclic) bond motifs is 1. The number of aromatic nitrogens is 2. The van der Waals surface area contributed by atoms with Crippen LogP contribution in [0.3, 0.4) is 0 Å². The van der Waals surface area contributed by atoms with Crippen molar-refractivity contribution in [2.24, 2.45) is 0 Å². The Balaban J connectivity index is 1.37. The van der Waals surface area contributed by atoms with Crippen molar-refractivity contribution in [2.45, 2.75) is 32.2 Å². The molecule has 0 saturated carbocycles. The summed E-state index contributed by atoms with van der Waals surface area (Å²) in [6, 6.07) is 21.8. The predicted octanol–water partition coefficient (Wildman–Crippen LogP) is 5.35. The van der Waals surface area contributed by atoms with Gasteiger partial charge in [-0.15, -0.1) is 0 Å². The third-order valence-electron chi connectivity index (χ3n) is 6.67. The zero-order valence-corrected chi connectivity index (χ0v) is 20.9. The molecule has 5 rings (SSSR count). The monoisotopic (exact) mass is 485 g/mol. The molecule has 36 heavy (non-hydrogen) atoms. The SMILES string of the molecule is COc1ccc(OC)c(N2C[C@H](c3nc4ccccc4n3CCCOc3ccc(C)cc3)CC2=O)c1. The number of benzene rings is 3. The number of hydrogen-bond acceptors (Lipinski definition) is 5. The maximum absolute atomic E-state index is 13.2. The predicted molar refractivity (Wildman–Crippen MR) is 140 cm³/mol. The molecular formula is C29H31N3O4. The zero-order chi connectivity index (χ0) is 25.1. The molecule has 1 aliphatic heterocycles. The minimum absolute atomic E-state index is 0.0289. The topological polar surface area (TPSA) is 65.8 Å². The van der Waals surface area contributed by atoms with Gasteiger partial charge in [-0.1, -0.05) is 29.8 Å². The van der Waals surface area contributed by atoms with Crippen LogP contribution in [0.15, 0.2) is 66.7 Å². The fourth-order valence-corrected chi connectivity index (χ4v) is 4.81. The highest BCUT2D eigenvalue weighted by molar-refractivity contribution is 5.98. The van der Waals surface area contributed by atoms with Crippen molar-refractivity contribution in [2.75, 3.05) is 32.3 Å². The second-order valence-electron chi connectivity index (χ2n) is 9.07. The fraction of sp³-hybridized carbons (Fsp3) is 0.310. The quantitative estimate of drug-likeness (QED) is 0.299. The van der Waals surface area contributed by atoms with Crippen LogP contribution in [0.5, 0.6) is 17.2 Å². The van der Waals surface area contributed by atoms with Crippen molar-refractivity contribution in [3.05, 3.63) is 78.1 Å². The summed E-state index contributed by atoms with van der Waals surface area (Å²) in [4.78, 5) is 19.9. The average molecular weight is 486 g/mol. The summed E-state index contributed by atoms with van der Waals surface area (Å²) in [5.74, 6) is 3.16. The van der Waals surface area contributed by atoms with Crippen LogP contribution < -0.4 is 19.1 Å². The van der Waals surface area contributed by atoms with Crippen molar-refractivity contribution < 1.29 is 19.0 Å². The first-order valence-corrected chi connectivity index (χ1v) is 12.2. The Bertz CT molecular complexity index is 1360. The van der Waals surface area contributed by atoms with Gasteiger partial charge in [-0.05, 0) is 49.7 Å². The van der Waals surface area contributed by atoms with Gasteiger partial charge >= 0.3 is 0 Å². The average Bonchev–Trinajstić information content (AvgIpc) is 3.47. The Morgan fingerprint density at radius 1 is 0.972 bits per heavy atom. The number of nitrogens with zero attached hydrogens (tertiary/aromatic N) is 3. The first kappa shape index (κ1) is 23.7. The smallest absolute Gasteiger partial charge is 0.227 e. The Labute approximate surface area is 211 Å². The second-order valence-corrected chi connectivity index (χ2v) is 9.07. The number of carbonyl (C=O) groups is 1. The molecule has 1 fully saturated rings. The van der Waals surface area contributed by atoms with Gasteiger partial charge in [-0.25, -0.2) is 4.98 Å². The van der Waals surface area contributed by atoms with Crippen molar-refractivity contribution >= 4 is 22.6 Å². The van der Waals surface area contributed by atoms with Crippen molar-refractivity contribution in [1.82, 2.24) is 9.55 Å². The lowest BCUT2D eigenvalue weighted by Gasteiger charge is -2.20. The van der Waals surface area contributed by atoms with E-state index in [1.165, 1.54) is 5.56 Å². The van der Waals surface area contributed by atoms with Crippen LogP contribution in [0.25, 0.3) is 11.0 Å². The van der Waals surface area contributed by atoms with E-state index in [-0.39, 0.29) is 11.8 Å². The molecule has 1 aliphatic rings. The minimum atomic E-state index is -0.0289. The first-order valence-electron chi connectivity index (χ1n) is 12.2. The van der Waals surface area contributed by atoms with E-state index in [9.17, 15) is 4.79 Å². The molecule has 1 amide bonds. The largest absolute Gasteiger partial charge is 0.497 e. The number of amides is 1. The summed E-state index contributed by atoms with van der Waals surface area (Å²) in [5.41, 5.74) is 3.95. The molecule has 0 N–H and O–H groups in total. The zero-order valence-electron chi connectivity index (χ0n) is 20.9. The number of methoxy groups -OCH3 is 2. The van der Waals surface area contributed by atoms with E-state index in [1.807, 2.05) is 48.5 Å². The summed E-state index contributed by atoms with van der Waals surface area (Å²) in [5, 5.41) is 0. The van der Waals surface area contributed by atoms with Gasteiger partial charge in [-0.2, -0.15) is 0 Å². The molecule has 0 unspecified atom stereocenters. The number of ether oxygens (including phenoxy) is 3. The maximum atomic E-state index is 13.2. The summed E-state index contributed by atoms with van der Waals surface area (Å²) in [6.07, 6.45) is 1.22. The van der Waals surface area contributed by atoms with E-state index in [0.717, 1.165) is 41.3 Å². The third kappa shape index (κ3) is 4.73. The molecule has 186 valence electrons. The van der Waals surface area contributed by atoms with Crippen LogP contribution >= 0.6 is 0 Å². The van der Waals surface area contributed by atoms with Crippen LogP contribution in [0.4, 0.5) is 5.69 Å². The van der Waals surface area contributed by atoms with Gasteiger partial charge < -0.3 is 23.7 Å². The van der Waals surface area contributed by atoms with E-state index in [2.05, 4.69) is 29.7 Å². The molecule has 7 nitrogen and oxygen atoms in total.